The van der Waals surface area contributed by atoms with Gasteiger partial charge in [-0.25, -0.2) is 0 Å². The fourth-order valence-corrected chi connectivity index (χ4v) is 1.64. The molecule has 0 saturated heterocycles. The van der Waals surface area contributed by atoms with E-state index in [1.54, 1.807) is 31.3 Å². The Hall–Kier alpha value is -2.89. The van der Waals surface area contributed by atoms with Crippen LogP contribution >= 0.6 is 0 Å². The van der Waals surface area contributed by atoms with Crippen LogP contribution in [-0.4, -0.2) is 23.8 Å². The lowest BCUT2D eigenvalue weighted by atomic mass is 10.2. The van der Waals surface area contributed by atoms with Gasteiger partial charge in [-0.1, -0.05) is 0 Å². The Bertz CT molecular complexity index is 689. The SMILES string of the molecule is CNC(=O)c1ccc(NC(=O)c2cc[nH]c(=O)c2)cc1. The first-order valence-electron chi connectivity index (χ1n) is 5.92. The molecule has 1 aromatic heterocycles. The van der Waals surface area contributed by atoms with Gasteiger partial charge in [-0.3, -0.25) is 14.4 Å². The number of rotatable bonds is 3. The molecule has 2 aromatic rings. The summed E-state index contributed by atoms with van der Waals surface area (Å²) in [6.45, 7) is 0. The van der Waals surface area contributed by atoms with Crippen LogP contribution in [0.25, 0.3) is 0 Å². The van der Waals surface area contributed by atoms with E-state index in [-0.39, 0.29) is 22.9 Å². The van der Waals surface area contributed by atoms with Crippen molar-refractivity contribution in [3.63, 3.8) is 0 Å². The number of hydrogen-bond donors (Lipinski definition) is 3. The zero-order valence-electron chi connectivity index (χ0n) is 10.8. The van der Waals surface area contributed by atoms with E-state index in [1.165, 1.54) is 18.3 Å². The van der Waals surface area contributed by atoms with Crippen LogP contribution in [0.15, 0.2) is 47.4 Å². The molecule has 0 bridgehead atoms. The second-order valence-corrected chi connectivity index (χ2v) is 4.05. The van der Waals surface area contributed by atoms with Crippen LogP contribution in [0.3, 0.4) is 0 Å². The summed E-state index contributed by atoms with van der Waals surface area (Å²) in [5.74, 6) is -0.582. The van der Waals surface area contributed by atoms with Crippen molar-refractivity contribution in [3.05, 3.63) is 64.1 Å². The van der Waals surface area contributed by atoms with Crippen molar-refractivity contribution in [2.24, 2.45) is 0 Å². The van der Waals surface area contributed by atoms with Gasteiger partial charge in [-0.2, -0.15) is 0 Å². The van der Waals surface area contributed by atoms with Crippen molar-refractivity contribution >= 4 is 17.5 Å². The van der Waals surface area contributed by atoms with Gasteiger partial charge >= 0.3 is 0 Å². The van der Waals surface area contributed by atoms with Crippen molar-refractivity contribution < 1.29 is 9.59 Å². The molecule has 102 valence electrons. The third-order valence-electron chi connectivity index (χ3n) is 2.67. The summed E-state index contributed by atoms with van der Waals surface area (Å²) >= 11 is 0. The van der Waals surface area contributed by atoms with Crippen molar-refractivity contribution in [1.29, 1.82) is 0 Å². The number of pyridine rings is 1. The number of nitrogens with one attached hydrogen (secondary N) is 3. The molecule has 20 heavy (non-hydrogen) atoms. The van der Waals surface area contributed by atoms with E-state index < -0.39 is 0 Å². The van der Waals surface area contributed by atoms with Crippen LogP contribution in [0.2, 0.25) is 0 Å². The summed E-state index contributed by atoms with van der Waals surface area (Å²) < 4.78 is 0. The molecule has 2 rings (SSSR count). The molecule has 6 heteroatoms. The lowest BCUT2D eigenvalue weighted by Crippen LogP contribution is -2.18. The fourth-order valence-electron chi connectivity index (χ4n) is 1.64. The maximum atomic E-state index is 11.9. The van der Waals surface area contributed by atoms with Gasteiger partial charge in [0.2, 0.25) is 5.56 Å². The van der Waals surface area contributed by atoms with Gasteiger partial charge in [0.05, 0.1) is 0 Å². The number of H-pyrrole nitrogens is 1. The van der Waals surface area contributed by atoms with E-state index >= 15 is 0 Å². The largest absolute Gasteiger partial charge is 0.355 e. The molecule has 0 saturated carbocycles. The number of anilines is 1. The second-order valence-electron chi connectivity index (χ2n) is 4.05. The first-order chi connectivity index (χ1) is 9.60. The molecule has 3 N–H and O–H groups in total. The third kappa shape index (κ3) is 3.11. The first-order valence-corrected chi connectivity index (χ1v) is 5.92. The number of carbonyl (C=O) groups is 2. The minimum atomic E-state index is -0.385. The Morgan fingerprint density at radius 2 is 1.70 bits per heavy atom. The molecule has 0 aliphatic rings. The molecular formula is C14H13N3O3. The zero-order chi connectivity index (χ0) is 14.5. The Kier molecular flexibility index (Phi) is 3.95. The highest BCUT2D eigenvalue weighted by Gasteiger charge is 2.07. The van der Waals surface area contributed by atoms with Crippen LogP contribution in [0.1, 0.15) is 20.7 Å². The highest BCUT2D eigenvalue weighted by Crippen LogP contribution is 2.10. The van der Waals surface area contributed by atoms with Crippen LogP contribution < -0.4 is 16.2 Å². The summed E-state index contributed by atoms with van der Waals surface area (Å²) in [6.07, 6.45) is 1.41. The van der Waals surface area contributed by atoms with E-state index in [2.05, 4.69) is 15.6 Å². The molecule has 1 heterocycles. The van der Waals surface area contributed by atoms with Crippen LogP contribution in [0.5, 0.6) is 0 Å². The highest BCUT2D eigenvalue weighted by atomic mass is 16.2. The molecule has 6 nitrogen and oxygen atoms in total. The quantitative estimate of drug-likeness (QED) is 0.777. The van der Waals surface area contributed by atoms with Gasteiger partial charge in [-0.05, 0) is 30.3 Å². The number of aromatic amines is 1. The van der Waals surface area contributed by atoms with E-state index in [9.17, 15) is 14.4 Å². The summed E-state index contributed by atoms with van der Waals surface area (Å²) in [5.41, 5.74) is 0.973. The predicted octanol–water partition coefficient (Wildman–Crippen LogP) is 0.987. The minimum Gasteiger partial charge on any atom is -0.355 e. The summed E-state index contributed by atoms with van der Waals surface area (Å²) in [7, 11) is 1.55. The molecule has 2 amide bonds. The van der Waals surface area contributed by atoms with Gasteiger partial charge in [-0.15, -0.1) is 0 Å². The van der Waals surface area contributed by atoms with Crippen molar-refractivity contribution in [2.75, 3.05) is 12.4 Å². The number of amides is 2. The molecule has 0 unspecified atom stereocenters. The lowest BCUT2D eigenvalue weighted by Gasteiger charge is -2.06. The van der Waals surface area contributed by atoms with E-state index in [0.29, 0.717) is 11.3 Å². The van der Waals surface area contributed by atoms with Gasteiger partial charge in [0.15, 0.2) is 0 Å². The fraction of sp³-hybridized carbons (Fsp3) is 0.0714. The summed E-state index contributed by atoms with van der Waals surface area (Å²) in [5, 5.41) is 5.16. The zero-order valence-corrected chi connectivity index (χ0v) is 10.8. The monoisotopic (exact) mass is 271 g/mol. The topological polar surface area (TPSA) is 91.1 Å². The van der Waals surface area contributed by atoms with Crippen molar-refractivity contribution in [2.45, 2.75) is 0 Å². The van der Waals surface area contributed by atoms with Gasteiger partial charge in [0, 0.05) is 36.1 Å². The number of aromatic nitrogens is 1. The molecule has 0 fully saturated rings. The molecule has 1 aromatic carbocycles. The smallest absolute Gasteiger partial charge is 0.255 e. The molecule has 0 aliphatic carbocycles. The van der Waals surface area contributed by atoms with Gasteiger partial charge in [0.25, 0.3) is 11.8 Å². The van der Waals surface area contributed by atoms with E-state index in [0.717, 1.165) is 0 Å². The molecule has 0 atom stereocenters. The summed E-state index contributed by atoms with van der Waals surface area (Å²) in [6, 6.07) is 9.17. The average molecular weight is 271 g/mol. The van der Waals surface area contributed by atoms with Crippen LogP contribution in [0.4, 0.5) is 5.69 Å². The maximum absolute atomic E-state index is 11.9. The van der Waals surface area contributed by atoms with E-state index in [1.807, 2.05) is 0 Å². The van der Waals surface area contributed by atoms with Crippen LogP contribution in [-0.2, 0) is 0 Å². The van der Waals surface area contributed by atoms with Crippen LogP contribution in [0, 0.1) is 0 Å². The molecule has 0 spiro atoms. The number of benzene rings is 1. The molecular weight excluding hydrogens is 258 g/mol. The Labute approximate surface area is 114 Å². The Balaban J connectivity index is 2.12. The van der Waals surface area contributed by atoms with Gasteiger partial charge in [0.1, 0.15) is 0 Å². The second kappa shape index (κ2) is 5.83. The summed E-state index contributed by atoms with van der Waals surface area (Å²) in [4.78, 5) is 36.8. The van der Waals surface area contributed by atoms with Crippen molar-refractivity contribution in [1.82, 2.24) is 10.3 Å². The number of hydrogen-bond acceptors (Lipinski definition) is 3. The normalized spacial score (nSPS) is 9.85. The number of carbonyl (C=O) groups excluding carboxylic acids is 2. The Morgan fingerprint density at radius 1 is 1.00 bits per heavy atom. The standard InChI is InChI=1S/C14H13N3O3/c1-15-13(19)9-2-4-11(5-3-9)17-14(20)10-6-7-16-12(18)8-10/h2-8H,1H3,(H,15,19)(H,16,18)(H,17,20). The Morgan fingerprint density at radius 3 is 2.30 bits per heavy atom. The lowest BCUT2D eigenvalue weighted by molar-refractivity contribution is 0.0962. The van der Waals surface area contributed by atoms with E-state index in [4.69, 9.17) is 0 Å². The maximum Gasteiger partial charge on any atom is 0.255 e. The highest BCUT2D eigenvalue weighted by molar-refractivity contribution is 6.04. The molecule has 0 radical (unpaired) electrons. The average Bonchev–Trinajstić information content (AvgIpc) is 2.47. The third-order valence-corrected chi connectivity index (χ3v) is 2.67. The minimum absolute atomic E-state index is 0.197. The van der Waals surface area contributed by atoms with Crippen molar-refractivity contribution in [3.8, 4) is 0 Å². The molecule has 0 aliphatic heterocycles. The predicted molar refractivity (Wildman–Crippen MR) is 74.8 cm³/mol. The van der Waals surface area contributed by atoms with Gasteiger partial charge < -0.3 is 15.6 Å². The first kappa shape index (κ1) is 13.5.